The lowest BCUT2D eigenvalue weighted by atomic mass is 9.70. The average Bonchev–Trinajstić information content (AvgIpc) is 2.62. The van der Waals surface area contributed by atoms with Crippen LogP contribution >= 0.6 is 0 Å². The van der Waals surface area contributed by atoms with E-state index < -0.39 is 11.2 Å². The van der Waals surface area contributed by atoms with Crippen molar-refractivity contribution >= 4 is 11.9 Å². The van der Waals surface area contributed by atoms with Crippen molar-refractivity contribution in [2.75, 3.05) is 39.3 Å². The number of carbonyl (C=O) groups excluding carboxylic acids is 2. The van der Waals surface area contributed by atoms with E-state index in [1.54, 1.807) is 0 Å². The van der Waals surface area contributed by atoms with E-state index in [1.807, 2.05) is 41.5 Å². The predicted octanol–water partition coefficient (Wildman–Crippen LogP) is 4.41. The molecule has 3 fully saturated rings. The molecule has 3 rings (SSSR count). The molecule has 4 atom stereocenters. The Kier molecular flexibility index (Phi) is 7.66. The van der Waals surface area contributed by atoms with Gasteiger partial charge in [-0.2, -0.15) is 0 Å². The lowest BCUT2D eigenvalue weighted by Gasteiger charge is -2.49. The van der Waals surface area contributed by atoms with Crippen LogP contribution in [0.25, 0.3) is 0 Å². The molecule has 184 valence electrons. The van der Waals surface area contributed by atoms with Crippen molar-refractivity contribution < 1.29 is 19.1 Å². The highest BCUT2D eigenvalue weighted by Gasteiger charge is 2.44. The Labute approximate surface area is 195 Å². The maximum absolute atomic E-state index is 12.8. The molecule has 0 aromatic carbocycles. The second-order valence-electron chi connectivity index (χ2n) is 12.8. The van der Waals surface area contributed by atoms with Crippen LogP contribution in [-0.4, -0.2) is 72.2 Å². The molecule has 6 heteroatoms. The fourth-order valence-electron chi connectivity index (χ4n) is 6.03. The highest BCUT2D eigenvalue weighted by atomic mass is 16.6. The number of rotatable bonds is 4. The maximum atomic E-state index is 12.8. The fraction of sp³-hybridized carbons (Fsp3) is 0.923. The van der Waals surface area contributed by atoms with E-state index in [-0.39, 0.29) is 22.8 Å². The SMILES string of the molecule is CC(C)(C)OC(=O)CC12CCCN(CCC3(CC(=O)OC(C)(C)C)CCCN(CC1)C3)C2. The average molecular weight is 451 g/mol. The number of ether oxygens (including phenoxy) is 2. The van der Waals surface area contributed by atoms with Gasteiger partial charge in [-0.25, -0.2) is 0 Å². The van der Waals surface area contributed by atoms with Crippen molar-refractivity contribution in [2.24, 2.45) is 10.8 Å². The third-order valence-electron chi connectivity index (χ3n) is 7.28. The Bertz CT molecular complexity index is 622. The zero-order valence-electron chi connectivity index (χ0n) is 21.4. The zero-order chi connectivity index (χ0) is 23.6. The molecule has 0 spiro atoms. The summed E-state index contributed by atoms with van der Waals surface area (Å²) in [6.45, 7) is 17.8. The summed E-state index contributed by atoms with van der Waals surface area (Å²) >= 11 is 0. The van der Waals surface area contributed by atoms with Gasteiger partial charge in [0.05, 0.1) is 12.8 Å². The highest BCUT2D eigenvalue weighted by Crippen LogP contribution is 2.43. The molecular weight excluding hydrogens is 404 g/mol. The van der Waals surface area contributed by atoms with Gasteiger partial charge in [-0.15, -0.1) is 0 Å². The fourth-order valence-corrected chi connectivity index (χ4v) is 6.03. The molecule has 0 aromatic rings. The highest BCUT2D eigenvalue weighted by molar-refractivity contribution is 5.71. The van der Waals surface area contributed by atoms with Gasteiger partial charge in [0.15, 0.2) is 0 Å². The number of nitrogens with zero attached hydrogens (tertiary/aromatic N) is 2. The van der Waals surface area contributed by atoms with Gasteiger partial charge in [0, 0.05) is 13.1 Å². The lowest BCUT2D eigenvalue weighted by molar-refractivity contribution is -0.161. The van der Waals surface area contributed by atoms with Crippen molar-refractivity contribution in [3.63, 3.8) is 0 Å². The van der Waals surface area contributed by atoms with Crippen LogP contribution in [0.5, 0.6) is 0 Å². The number of esters is 2. The van der Waals surface area contributed by atoms with E-state index in [9.17, 15) is 9.59 Å². The Morgan fingerprint density at radius 1 is 0.656 bits per heavy atom. The van der Waals surface area contributed by atoms with E-state index in [0.717, 1.165) is 77.8 Å². The van der Waals surface area contributed by atoms with Gasteiger partial charge < -0.3 is 19.3 Å². The van der Waals surface area contributed by atoms with Gasteiger partial charge in [-0.1, -0.05) is 0 Å². The second-order valence-corrected chi connectivity index (χ2v) is 12.8. The summed E-state index contributed by atoms with van der Waals surface area (Å²) in [7, 11) is 0. The van der Waals surface area contributed by atoms with Gasteiger partial charge in [0.2, 0.25) is 0 Å². The molecule has 0 saturated carbocycles. The number of hydrogen-bond acceptors (Lipinski definition) is 6. The van der Waals surface area contributed by atoms with Crippen LogP contribution in [0.3, 0.4) is 0 Å². The van der Waals surface area contributed by atoms with Gasteiger partial charge in [0.1, 0.15) is 11.2 Å². The molecule has 6 nitrogen and oxygen atoms in total. The number of fused-ring (bicyclic) bond motifs is 4. The van der Waals surface area contributed by atoms with Crippen LogP contribution in [-0.2, 0) is 19.1 Å². The van der Waals surface area contributed by atoms with Crippen molar-refractivity contribution in [2.45, 2.75) is 104 Å². The molecule has 0 radical (unpaired) electrons. The third-order valence-corrected chi connectivity index (χ3v) is 7.28. The molecule has 4 unspecified atom stereocenters. The first-order valence-electron chi connectivity index (χ1n) is 12.7. The van der Waals surface area contributed by atoms with Crippen molar-refractivity contribution in [3.05, 3.63) is 0 Å². The van der Waals surface area contributed by atoms with Crippen LogP contribution in [0.2, 0.25) is 0 Å². The summed E-state index contributed by atoms with van der Waals surface area (Å²) in [6.07, 6.45) is 7.51. The van der Waals surface area contributed by atoms with E-state index in [4.69, 9.17) is 9.47 Å². The smallest absolute Gasteiger partial charge is 0.306 e. The molecule has 3 aliphatic rings. The van der Waals surface area contributed by atoms with E-state index >= 15 is 0 Å². The van der Waals surface area contributed by atoms with Crippen LogP contribution in [0.15, 0.2) is 0 Å². The van der Waals surface area contributed by atoms with Crippen molar-refractivity contribution in [1.82, 2.24) is 9.80 Å². The molecular formula is C26H46N2O4. The minimum atomic E-state index is -0.438. The monoisotopic (exact) mass is 450 g/mol. The normalized spacial score (nSPS) is 33.8. The van der Waals surface area contributed by atoms with Crippen molar-refractivity contribution in [3.8, 4) is 0 Å². The molecule has 0 aromatic heterocycles. The summed E-state index contributed by atoms with van der Waals surface area (Å²) in [4.78, 5) is 30.6. The molecule has 4 bridgehead atoms. The van der Waals surface area contributed by atoms with Crippen molar-refractivity contribution in [1.29, 1.82) is 0 Å². The molecule has 32 heavy (non-hydrogen) atoms. The Morgan fingerprint density at radius 2 is 1.03 bits per heavy atom. The first-order valence-corrected chi connectivity index (χ1v) is 12.7. The summed E-state index contributed by atoms with van der Waals surface area (Å²) in [6, 6.07) is 0. The maximum Gasteiger partial charge on any atom is 0.306 e. The molecule has 0 aliphatic carbocycles. The third kappa shape index (κ3) is 7.44. The Morgan fingerprint density at radius 3 is 1.38 bits per heavy atom. The minimum Gasteiger partial charge on any atom is -0.460 e. The molecule has 3 saturated heterocycles. The summed E-state index contributed by atoms with van der Waals surface area (Å²) in [5.41, 5.74) is -0.870. The van der Waals surface area contributed by atoms with Gasteiger partial charge in [-0.05, 0) is 117 Å². The van der Waals surface area contributed by atoms with Crippen LogP contribution < -0.4 is 0 Å². The van der Waals surface area contributed by atoms with E-state index in [1.165, 1.54) is 0 Å². The quantitative estimate of drug-likeness (QED) is 0.592. The topological polar surface area (TPSA) is 59.1 Å². The Balaban J connectivity index is 1.72. The van der Waals surface area contributed by atoms with E-state index in [0.29, 0.717) is 12.8 Å². The largest absolute Gasteiger partial charge is 0.460 e. The van der Waals surface area contributed by atoms with Gasteiger partial charge in [0.25, 0.3) is 0 Å². The zero-order valence-corrected chi connectivity index (χ0v) is 21.4. The Hall–Kier alpha value is -1.14. The van der Waals surface area contributed by atoms with E-state index in [2.05, 4.69) is 9.80 Å². The summed E-state index contributed by atoms with van der Waals surface area (Å²) in [5.74, 6) is -0.122. The van der Waals surface area contributed by atoms with Gasteiger partial charge in [-0.3, -0.25) is 9.59 Å². The molecule has 3 aliphatic heterocycles. The summed E-state index contributed by atoms with van der Waals surface area (Å²) < 4.78 is 11.4. The van der Waals surface area contributed by atoms with Gasteiger partial charge >= 0.3 is 11.9 Å². The first kappa shape index (κ1) is 25.5. The van der Waals surface area contributed by atoms with Crippen LogP contribution in [0.1, 0.15) is 92.9 Å². The van der Waals surface area contributed by atoms with Crippen LogP contribution in [0.4, 0.5) is 0 Å². The number of hydrogen-bond donors (Lipinski definition) is 0. The summed E-state index contributed by atoms with van der Waals surface area (Å²) in [5, 5.41) is 0. The standard InChI is InChI=1S/C26H46N2O4/c1-23(2,3)31-21(29)17-25-9-7-13-27(19-25)16-12-26(18-22(30)32-24(4,5)6)10-8-14-28(20-26)15-11-25/h7-20H2,1-6H3. The molecule has 0 N–H and O–H groups in total. The first-order chi connectivity index (χ1) is 14.8. The van der Waals surface area contributed by atoms with Crippen LogP contribution in [0, 0.1) is 10.8 Å². The number of carbonyl (C=O) groups is 2. The molecule has 3 heterocycles. The number of piperidine rings is 2. The minimum absolute atomic E-state index is 0.00317. The predicted molar refractivity (Wildman–Crippen MR) is 126 cm³/mol. The molecule has 0 amide bonds. The lowest BCUT2D eigenvalue weighted by Crippen LogP contribution is -2.52. The second kappa shape index (κ2) is 9.61.